The second kappa shape index (κ2) is 8.06. The molecular weight excluding hydrogens is 373 g/mol. The quantitative estimate of drug-likeness (QED) is 0.784. The summed E-state index contributed by atoms with van der Waals surface area (Å²) in [5.74, 6) is -0.446. The summed E-state index contributed by atoms with van der Waals surface area (Å²) in [4.78, 5) is 32.3. The molecule has 1 fully saturated rings. The SMILES string of the molecule is CN(CCc1ccncc1)C(=O)C1CC(=O)N(c2ccc(Cl)c(Cl)c2)C1. The number of benzene rings is 1. The van der Waals surface area contributed by atoms with E-state index >= 15 is 0 Å². The Hall–Kier alpha value is -2.11. The van der Waals surface area contributed by atoms with E-state index in [2.05, 4.69) is 4.98 Å². The number of anilines is 1. The van der Waals surface area contributed by atoms with Crippen LogP contribution in [0.3, 0.4) is 0 Å². The summed E-state index contributed by atoms with van der Waals surface area (Å²) in [5.41, 5.74) is 1.79. The second-order valence-electron chi connectivity index (χ2n) is 6.37. The van der Waals surface area contributed by atoms with Gasteiger partial charge in [0.05, 0.1) is 16.0 Å². The van der Waals surface area contributed by atoms with E-state index in [4.69, 9.17) is 23.2 Å². The van der Waals surface area contributed by atoms with Gasteiger partial charge in [-0.05, 0) is 42.3 Å². The number of halogens is 2. The number of carbonyl (C=O) groups is 2. The fraction of sp³-hybridized carbons (Fsp3) is 0.316. The molecule has 0 bridgehead atoms. The summed E-state index contributed by atoms with van der Waals surface area (Å²) in [6.07, 6.45) is 4.43. The third-order valence-electron chi connectivity index (χ3n) is 4.55. The Bertz CT molecular complexity index is 814. The normalized spacial score (nSPS) is 16.8. The Morgan fingerprint density at radius 3 is 2.65 bits per heavy atom. The molecule has 0 spiro atoms. The van der Waals surface area contributed by atoms with Gasteiger partial charge in [-0.3, -0.25) is 14.6 Å². The zero-order valence-corrected chi connectivity index (χ0v) is 15.9. The average molecular weight is 392 g/mol. The summed E-state index contributed by atoms with van der Waals surface area (Å²) in [5, 5.41) is 0.826. The highest BCUT2D eigenvalue weighted by Crippen LogP contribution is 2.31. The fourth-order valence-electron chi connectivity index (χ4n) is 3.04. The maximum Gasteiger partial charge on any atom is 0.227 e. The first kappa shape index (κ1) is 18.7. The lowest BCUT2D eigenvalue weighted by molar-refractivity contribution is -0.134. The van der Waals surface area contributed by atoms with Gasteiger partial charge in [0.1, 0.15) is 0 Å². The molecule has 1 aliphatic heterocycles. The number of hydrogen-bond acceptors (Lipinski definition) is 3. The molecule has 136 valence electrons. The Morgan fingerprint density at radius 1 is 1.23 bits per heavy atom. The van der Waals surface area contributed by atoms with Crippen molar-refractivity contribution in [1.29, 1.82) is 0 Å². The zero-order chi connectivity index (χ0) is 18.7. The standard InChI is InChI=1S/C19H19Cl2N3O2/c1-23(9-6-13-4-7-22-8-5-13)19(26)14-10-18(25)24(12-14)15-2-3-16(20)17(21)11-15/h2-5,7-8,11,14H,6,9-10,12H2,1H3. The van der Waals surface area contributed by atoms with Gasteiger partial charge in [0, 0.05) is 44.6 Å². The van der Waals surface area contributed by atoms with Crippen LogP contribution in [0.15, 0.2) is 42.7 Å². The van der Waals surface area contributed by atoms with E-state index in [1.54, 1.807) is 47.4 Å². The van der Waals surface area contributed by atoms with Crippen LogP contribution in [0, 0.1) is 5.92 Å². The van der Waals surface area contributed by atoms with Crippen molar-refractivity contribution in [1.82, 2.24) is 9.88 Å². The number of carbonyl (C=O) groups excluding carboxylic acids is 2. The molecule has 0 aliphatic carbocycles. The summed E-state index contributed by atoms with van der Waals surface area (Å²) in [6.45, 7) is 0.954. The molecule has 2 heterocycles. The van der Waals surface area contributed by atoms with Gasteiger partial charge in [-0.25, -0.2) is 0 Å². The van der Waals surface area contributed by atoms with Crippen LogP contribution in [0.1, 0.15) is 12.0 Å². The predicted molar refractivity (Wildman–Crippen MR) is 103 cm³/mol. The predicted octanol–water partition coefficient (Wildman–Crippen LogP) is 3.44. The number of pyridine rings is 1. The number of likely N-dealkylation sites (N-methyl/N-ethyl adjacent to an activating group) is 1. The minimum absolute atomic E-state index is 0.0185. The van der Waals surface area contributed by atoms with Crippen LogP contribution in [-0.4, -0.2) is 41.8 Å². The third kappa shape index (κ3) is 4.17. The lowest BCUT2D eigenvalue weighted by Crippen LogP contribution is -2.36. The Labute approximate surface area is 162 Å². The molecule has 1 aromatic carbocycles. The minimum atomic E-state index is -0.348. The highest BCUT2D eigenvalue weighted by molar-refractivity contribution is 6.42. The summed E-state index contributed by atoms with van der Waals surface area (Å²) < 4.78 is 0. The molecule has 3 rings (SSSR count). The lowest BCUT2D eigenvalue weighted by atomic mass is 10.1. The highest BCUT2D eigenvalue weighted by Gasteiger charge is 2.36. The first-order chi connectivity index (χ1) is 12.5. The molecule has 7 heteroatoms. The maximum absolute atomic E-state index is 12.7. The van der Waals surface area contributed by atoms with Crippen molar-refractivity contribution in [2.24, 2.45) is 5.92 Å². The first-order valence-electron chi connectivity index (χ1n) is 8.35. The van der Waals surface area contributed by atoms with Crippen molar-refractivity contribution >= 4 is 40.7 Å². The molecule has 1 aromatic heterocycles. The van der Waals surface area contributed by atoms with Crippen LogP contribution >= 0.6 is 23.2 Å². The molecule has 2 aromatic rings. The maximum atomic E-state index is 12.7. The van der Waals surface area contributed by atoms with E-state index < -0.39 is 0 Å². The van der Waals surface area contributed by atoms with Crippen molar-refractivity contribution in [2.45, 2.75) is 12.8 Å². The Balaban J connectivity index is 1.61. The molecule has 26 heavy (non-hydrogen) atoms. The van der Waals surface area contributed by atoms with Crippen LogP contribution in [0.4, 0.5) is 5.69 Å². The van der Waals surface area contributed by atoms with Crippen molar-refractivity contribution < 1.29 is 9.59 Å². The molecule has 0 saturated carbocycles. The van der Waals surface area contributed by atoms with E-state index in [0.29, 0.717) is 28.8 Å². The number of rotatable bonds is 5. The van der Waals surface area contributed by atoms with Gasteiger partial charge in [0.2, 0.25) is 11.8 Å². The third-order valence-corrected chi connectivity index (χ3v) is 5.29. The van der Waals surface area contributed by atoms with Crippen molar-refractivity contribution in [3.63, 3.8) is 0 Å². The van der Waals surface area contributed by atoms with Gasteiger partial charge in [-0.2, -0.15) is 0 Å². The molecule has 1 unspecified atom stereocenters. The molecule has 5 nitrogen and oxygen atoms in total. The van der Waals surface area contributed by atoms with Crippen LogP contribution in [-0.2, 0) is 16.0 Å². The minimum Gasteiger partial charge on any atom is -0.345 e. The topological polar surface area (TPSA) is 53.5 Å². The van der Waals surface area contributed by atoms with E-state index in [1.165, 1.54) is 0 Å². The molecule has 1 atom stereocenters. The van der Waals surface area contributed by atoms with E-state index in [-0.39, 0.29) is 24.2 Å². The van der Waals surface area contributed by atoms with Gasteiger partial charge in [-0.15, -0.1) is 0 Å². The molecular formula is C19H19Cl2N3O2. The summed E-state index contributed by atoms with van der Waals surface area (Å²) >= 11 is 12.0. The molecule has 2 amide bonds. The highest BCUT2D eigenvalue weighted by atomic mass is 35.5. The number of amides is 2. The summed E-state index contributed by atoms with van der Waals surface area (Å²) in [7, 11) is 1.77. The van der Waals surface area contributed by atoms with Gasteiger partial charge in [-0.1, -0.05) is 23.2 Å². The first-order valence-corrected chi connectivity index (χ1v) is 9.10. The van der Waals surface area contributed by atoms with E-state index in [9.17, 15) is 9.59 Å². The summed E-state index contributed by atoms with van der Waals surface area (Å²) in [6, 6.07) is 8.92. The number of nitrogens with zero attached hydrogens (tertiary/aromatic N) is 3. The average Bonchev–Trinajstić information content (AvgIpc) is 3.04. The monoisotopic (exact) mass is 391 g/mol. The van der Waals surface area contributed by atoms with Crippen molar-refractivity contribution in [3.8, 4) is 0 Å². The fourth-order valence-corrected chi connectivity index (χ4v) is 3.34. The smallest absolute Gasteiger partial charge is 0.227 e. The Morgan fingerprint density at radius 2 is 1.96 bits per heavy atom. The largest absolute Gasteiger partial charge is 0.345 e. The van der Waals surface area contributed by atoms with Gasteiger partial charge in [0.25, 0.3) is 0 Å². The molecule has 1 aliphatic rings. The zero-order valence-electron chi connectivity index (χ0n) is 14.4. The Kier molecular flexibility index (Phi) is 5.79. The number of hydrogen-bond donors (Lipinski definition) is 0. The van der Waals surface area contributed by atoms with E-state index in [0.717, 1.165) is 12.0 Å². The van der Waals surface area contributed by atoms with Crippen molar-refractivity contribution in [2.75, 3.05) is 25.0 Å². The molecule has 1 saturated heterocycles. The van der Waals surface area contributed by atoms with Crippen LogP contribution < -0.4 is 4.90 Å². The van der Waals surface area contributed by atoms with Crippen LogP contribution in [0.2, 0.25) is 10.0 Å². The van der Waals surface area contributed by atoms with Crippen LogP contribution in [0.25, 0.3) is 0 Å². The second-order valence-corrected chi connectivity index (χ2v) is 7.18. The van der Waals surface area contributed by atoms with Gasteiger partial charge in [0.15, 0.2) is 0 Å². The van der Waals surface area contributed by atoms with Gasteiger partial charge >= 0.3 is 0 Å². The molecule has 0 N–H and O–H groups in total. The van der Waals surface area contributed by atoms with E-state index in [1.807, 2.05) is 12.1 Å². The molecule has 0 radical (unpaired) electrons. The van der Waals surface area contributed by atoms with Crippen LogP contribution in [0.5, 0.6) is 0 Å². The van der Waals surface area contributed by atoms with Crippen molar-refractivity contribution in [3.05, 3.63) is 58.3 Å². The van der Waals surface area contributed by atoms with Gasteiger partial charge < -0.3 is 9.80 Å². The lowest BCUT2D eigenvalue weighted by Gasteiger charge is -2.21. The number of aromatic nitrogens is 1.